The molecule has 7 nitrogen and oxygen atoms in total. The smallest absolute Gasteiger partial charge is 0.235 e. The van der Waals surface area contributed by atoms with E-state index in [1.165, 1.54) is 6.20 Å². The average molecular weight is 460 g/mol. The number of aryl methyl sites for hydroxylation is 1. The first-order valence-electron chi connectivity index (χ1n) is 11.4. The van der Waals surface area contributed by atoms with Crippen molar-refractivity contribution in [1.82, 2.24) is 14.9 Å². The van der Waals surface area contributed by atoms with Crippen LogP contribution in [-0.4, -0.2) is 39.8 Å². The number of nitrogens with one attached hydrogen (secondary N) is 2. The van der Waals surface area contributed by atoms with Crippen molar-refractivity contribution in [3.05, 3.63) is 65.2 Å². The summed E-state index contributed by atoms with van der Waals surface area (Å²) >= 11 is 0. The van der Waals surface area contributed by atoms with Crippen LogP contribution >= 0.6 is 0 Å². The summed E-state index contributed by atoms with van der Waals surface area (Å²) in [7, 11) is 0. The second-order valence-corrected chi connectivity index (χ2v) is 9.08. The largest absolute Gasteiger partial charge is 0.343 e. The van der Waals surface area contributed by atoms with E-state index in [9.17, 15) is 14.0 Å². The topological polar surface area (TPSA) is 87.2 Å². The lowest BCUT2D eigenvalue weighted by atomic mass is 9.73. The second kappa shape index (κ2) is 8.20. The predicted octanol–water partition coefficient (Wildman–Crippen LogP) is 4.48. The molecule has 174 valence electrons. The van der Waals surface area contributed by atoms with Crippen LogP contribution in [0.2, 0.25) is 0 Å². The summed E-state index contributed by atoms with van der Waals surface area (Å²) in [5.41, 5.74) is 5.00. The number of carbonyl (C=O) groups excluding carboxylic acids is 2. The van der Waals surface area contributed by atoms with Crippen molar-refractivity contribution < 1.29 is 14.0 Å². The lowest BCUT2D eigenvalue weighted by Gasteiger charge is -2.37. The molecule has 4 heterocycles. The average Bonchev–Trinajstić information content (AvgIpc) is 3.08. The van der Waals surface area contributed by atoms with Gasteiger partial charge in [-0.1, -0.05) is 12.1 Å². The van der Waals surface area contributed by atoms with Crippen molar-refractivity contribution in [2.45, 2.75) is 39.0 Å². The first-order chi connectivity index (χ1) is 16.3. The molecule has 2 aliphatic rings. The van der Waals surface area contributed by atoms with Gasteiger partial charge in [-0.3, -0.25) is 14.6 Å². The quantitative estimate of drug-likeness (QED) is 0.603. The summed E-state index contributed by atoms with van der Waals surface area (Å²) < 4.78 is 14.1. The normalized spacial score (nSPS) is 16.4. The predicted molar refractivity (Wildman–Crippen MR) is 128 cm³/mol. The molecule has 0 radical (unpaired) electrons. The Kier molecular flexibility index (Phi) is 5.31. The zero-order chi connectivity index (χ0) is 24.0. The van der Waals surface area contributed by atoms with Crippen molar-refractivity contribution in [1.29, 1.82) is 0 Å². The van der Waals surface area contributed by atoms with Crippen LogP contribution in [-0.2, 0) is 15.0 Å². The Morgan fingerprint density at radius 2 is 1.94 bits per heavy atom. The number of nitrogens with zero attached hydrogens (tertiary/aromatic N) is 3. The summed E-state index contributed by atoms with van der Waals surface area (Å²) in [6, 6.07) is 9.49. The molecule has 5 rings (SSSR count). The van der Waals surface area contributed by atoms with Gasteiger partial charge in [-0.25, -0.2) is 9.37 Å². The summed E-state index contributed by atoms with van der Waals surface area (Å²) in [5.74, 6) is 0.151. The van der Waals surface area contributed by atoms with E-state index in [-0.39, 0.29) is 11.8 Å². The van der Waals surface area contributed by atoms with Crippen LogP contribution < -0.4 is 10.6 Å². The van der Waals surface area contributed by atoms with Crippen LogP contribution in [0.4, 0.5) is 21.6 Å². The molecule has 34 heavy (non-hydrogen) atoms. The molecule has 2 N–H and O–H groups in total. The number of pyridine rings is 2. The van der Waals surface area contributed by atoms with Crippen LogP contribution in [0, 0.1) is 19.7 Å². The van der Waals surface area contributed by atoms with Gasteiger partial charge in [0.25, 0.3) is 0 Å². The molecule has 0 saturated carbocycles. The molecule has 2 aliphatic heterocycles. The molecule has 3 aromatic rings. The lowest BCUT2D eigenvalue weighted by Crippen LogP contribution is -2.47. The number of amides is 2. The Balaban J connectivity index is 1.48. The maximum Gasteiger partial charge on any atom is 0.235 e. The lowest BCUT2D eigenvalue weighted by molar-refractivity contribution is -0.133. The molecule has 0 atom stereocenters. The van der Waals surface area contributed by atoms with Crippen LogP contribution in [0.5, 0.6) is 0 Å². The number of hydrogen-bond donors (Lipinski definition) is 2. The first kappa shape index (κ1) is 22.0. The maximum absolute atomic E-state index is 14.1. The van der Waals surface area contributed by atoms with E-state index >= 15 is 0 Å². The van der Waals surface area contributed by atoms with Gasteiger partial charge in [0.1, 0.15) is 5.82 Å². The van der Waals surface area contributed by atoms with Crippen LogP contribution in [0.15, 0.2) is 42.7 Å². The Labute approximate surface area is 197 Å². The minimum atomic E-state index is -0.595. The highest BCUT2D eigenvalue weighted by atomic mass is 19.1. The molecule has 1 aromatic carbocycles. The van der Waals surface area contributed by atoms with Crippen LogP contribution in [0.25, 0.3) is 11.3 Å². The van der Waals surface area contributed by atoms with Crippen LogP contribution in [0.1, 0.15) is 36.5 Å². The molecule has 8 heteroatoms. The van der Waals surface area contributed by atoms with Gasteiger partial charge < -0.3 is 15.5 Å². The number of benzene rings is 1. The third-order valence-electron chi connectivity index (χ3n) is 7.13. The summed E-state index contributed by atoms with van der Waals surface area (Å²) in [6.07, 6.45) is 3.90. The van der Waals surface area contributed by atoms with Gasteiger partial charge in [0.15, 0.2) is 5.82 Å². The van der Waals surface area contributed by atoms with Gasteiger partial charge in [-0.15, -0.1) is 0 Å². The van der Waals surface area contributed by atoms with Gasteiger partial charge in [-0.05, 0) is 61.6 Å². The van der Waals surface area contributed by atoms with E-state index in [0.29, 0.717) is 37.4 Å². The highest BCUT2D eigenvalue weighted by Gasteiger charge is 2.48. The Bertz CT molecular complexity index is 1310. The van der Waals surface area contributed by atoms with Crippen molar-refractivity contribution >= 4 is 29.0 Å². The van der Waals surface area contributed by atoms with Gasteiger partial charge in [0.05, 0.1) is 23.0 Å². The number of aromatic nitrogens is 2. The fourth-order valence-corrected chi connectivity index (χ4v) is 4.90. The Hall–Kier alpha value is -3.81. The molecule has 0 unspecified atom stereocenters. The van der Waals surface area contributed by atoms with Crippen molar-refractivity contribution in [2.75, 3.05) is 23.7 Å². The SMILES string of the molecule is CC(=O)N1CCC2(CC1)C(=O)Nc1cc(-c3cc(C)c(C)c(Nc4ccncc4F)n3)ccc12. The standard InChI is InChI=1S/C26H26FN5O2/c1-15-12-22(30-24(16(15)2)29-21-6-9-28-14-20(21)27)18-4-5-19-23(13-18)31-25(34)26(19)7-10-32(11-8-26)17(3)33/h4-6,9,12-14H,7-8,10-11H2,1-3H3,(H,31,34)(H,28,29,30). The highest BCUT2D eigenvalue weighted by molar-refractivity contribution is 6.07. The Morgan fingerprint density at radius 3 is 2.65 bits per heavy atom. The summed E-state index contributed by atoms with van der Waals surface area (Å²) in [5, 5.41) is 6.14. The van der Waals surface area contributed by atoms with Crippen molar-refractivity contribution in [3.63, 3.8) is 0 Å². The minimum absolute atomic E-state index is 0.00795. The van der Waals surface area contributed by atoms with Crippen LogP contribution in [0.3, 0.4) is 0 Å². The monoisotopic (exact) mass is 459 g/mol. The zero-order valence-electron chi connectivity index (χ0n) is 19.4. The number of fused-ring (bicyclic) bond motifs is 2. The second-order valence-electron chi connectivity index (χ2n) is 9.08. The van der Waals surface area contributed by atoms with Gasteiger partial charge in [0, 0.05) is 37.5 Å². The third-order valence-corrected chi connectivity index (χ3v) is 7.13. The van der Waals surface area contributed by atoms with Gasteiger partial charge in [-0.2, -0.15) is 0 Å². The zero-order valence-corrected chi connectivity index (χ0v) is 19.4. The number of halogens is 1. The maximum atomic E-state index is 14.1. The van der Waals surface area contributed by atoms with E-state index in [1.807, 2.05) is 38.1 Å². The van der Waals surface area contributed by atoms with E-state index in [4.69, 9.17) is 4.98 Å². The number of hydrogen-bond acceptors (Lipinski definition) is 5. The van der Waals surface area contributed by atoms with Crippen molar-refractivity contribution in [3.8, 4) is 11.3 Å². The van der Waals surface area contributed by atoms with E-state index in [2.05, 4.69) is 15.6 Å². The fourth-order valence-electron chi connectivity index (χ4n) is 4.90. The number of anilines is 3. The number of piperidine rings is 1. The Morgan fingerprint density at radius 1 is 1.18 bits per heavy atom. The number of likely N-dealkylation sites (tertiary alicyclic amines) is 1. The molecule has 1 saturated heterocycles. The van der Waals surface area contributed by atoms with Gasteiger partial charge >= 0.3 is 0 Å². The molecule has 0 aliphatic carbocycles. The summed E-state index contributed by atoms with van der Waals surface area (Å²) in [4.78, 5) is 35.1. The molecule has 2 amide bonds. The molecule has 1 spiro atoms. The number of rotatable bonds is 3. The van der Waals surface area contributed by atoms with Gasteiger partial charge in [0.2, 0.25) is 11.8 Å². The summed E-state index contributed by atoms with van der Waals surface area (Å²) in [6.45, 7) is 6.64. The van der Waals surface area contributed by atoms with E-state index in [0.717, 1.165) is 39.8 Å². The fraction of sp³-hybridized carbons (Fsp3) is 0.308. The molecule has 1 fully saturated rings. The molecular formula is C26H26FN5O2. The molecule has 2 aromatic heterocycles. The highest BCUT2D eigenvalue weighted by Crippen LogP contribution is 2.46. The van der Waals surface area contributed by atoms with Crippen molar-refractivity contribution in [2.24, 2.45) is 0 Å². The minimum Gasteiger partial charge on any atom is -0.343 e. The molecular weight excluding hydrogens is 433 g/mol. The third kappa shape index (κ3) is 3.59. The van der Waals surface area contributed by atoms with E-state index < -0.39 is 11.2 Å². The first-order valence-corrected chi connectivity index (χ1v) is 11.4. The number of carbonyl (C=O) groups is 2. The van der Waals surface area contributed by atoms with E-state index in [1.54, 1.807) is 17.9 Å². The molecule has 0 bridgehead atoms.